The van der Waals surface area contributed by atoms with Crippen LogP contribution >= 0.6 is 0 Å². The van der Waals surface area contributed by atoms with Gasteiger partial charge in [0.2, 0.25) is 5.91 Å². The Morgan fingerprint density at radius 1 is 0.854 bits per heavy atom. The van der Waals surface area contributed by atoms with Crippen molar-refractivity contribution in [2.45, 2.75) is 104 Å². The number of nitrogens with zero attached hydrogens (tertiary/aromatic N) is 7. The zero-order chi connectivity index (χ0) is 33.9. The zero-order valence-corrected chi connectivity index (χ0v) is 29.6. The molecule has 1 aliphatic heterocycles. The van der Waals surface area contributed by atoms with Crippen LogP contribution in [0.25, 0.3) is 11.1 Å². The molecule has 48 heavy (non-hydrogen) atoms. The summed E-state index contributed by atoms with van der Waals surface area (Å²) in [6.45, 7) is 15.5. The molecule has 1 amide bonds. The van der Waals surface area contributed by atoms with Gasteiger partial charge in [-0.05, 0) is 66.5 Å². The van der Waals surface area contributed by atoms with Crippen molar-refractivity contribution >= 4 is 17.5 Å². The number of aryl methyl sites for hydroxylation is 2. The van der Waals surface area contributed by atoms with Crippen molar-refractivity contribution in [2.75, 3.05) is 22.9 Å². The van der Waals surface area contributed by atoms with Crippen molar-refractivity contribution in [3.8, 4) is 11.1 Å². The van der Waals surface area contributed by atoms with E-state index in [9.17, 15) is 4.79 Å². The molecule has 0 unspecified atom stereocenters. The third-order valence-corrected chi connectivity index (χ3v) is 9.91. The average molecular weight is 646 g/mol. The summed E-state index contributed by atoms with van der Waals surface area (Å²) in [6.07, 6.45) is 14.4. The van der Waals surface area contributed by atoms with Crippen molar-refractivity contribution < 1.29 is 4.79 Å². The SMILES string of the molecule is CCc1ncc(-c2ccc(N(C(=O)CCc3ccccc3)C3CCC(Cc4ncc(C(C)(C)C)c(N5CC(C)(C)C5)n4)CC3)nc2)cn1. The van der Waals surface area contributed by atoms with Crippen LogP contribution in [0, 0.1) is 11.3 Å². The van der Waals surface area contributed by atoms with Gasteiger partial charge in [-0.25, -0.2) is 24.9 Å². The largest absolute Gasteiger partial charge is 0.355 e. The van der Waals surface area contributed by atoms with E-state index in [-0.39, 0.29) is 17.4 Å². The third-order valence-electron chi connectivity index (χ3n) is 9.91. The van der Waals surface area contributed by atoms with E-state index >= 15 is 0 Å². The molecule has 1 aliphatic carbocycles. The minimum Gasteiger partial charge on any atom is -0.355 e. The van der Waals surface area contributed by atoms with Crippen LogP contribution in [-0.4, -0.2) is 50.0 Å². The quantitative estimate of drug-likeness (QED) is 0.174. The minimum absolute atomic E-state index is 0.0120. The van der Waals surface area contributed by atoms with Crippen LogP contribution in [0.4, 0.5) is 11.6 Å². The number of carbonyl (C=O) groups is 1. The monoisotopic (exact) mass is 645 g/mol. The van der Waals surface area contributed by atoms with E-state index in [1.54, 1.807) is 0 Å². The maximum absolute atomic E-state index is 13.9. The van der Waals surface area contributed by atoms with Gasteiger partial charge < -0.3 is 4.90 Å². The lowest BCUT2D eigenvalue weighted by Crippen LogP contribution is -2.54. The first-order valence-corrected chi connectivity index (χ1v) is 17.7. The van der Waals surface area contributed by atoms with Crippen LogP contribution < -0.4 is 9.80 Å². The summed E-state index contributed by atoms with van der Waals surface area (Å²) in [4.78, 5) is 42.2. The van der Waals surface area contributed by atoms with E-state index in [1.165, 1.54) is 11.1 Å². The van der Waals surface area contributed by atoms with Crippen molar-refractivity contribution in [1.29, 1.82) is 0 Å². The molecule has 0 bridgehead atoms. The Labute approximate surface area is 286 Å². The van der Waals surface area contributed by atoms with Gasteiger partial charge in [-0.15, -0.1) is 0 Å². The van der Waals surface area contributed by atoms with Gasteiger partial charge in [0.1, 0.15) is 23.3 Å². The molecule has 6 rings (SSSR count). The molecule has 252 valence electrons. The molecule has 1 aromatic carbocycles. The lowest BCUT2D eigenvalue weighted by atomic mass is 9.81. The standard InChI is InChI=1S/C40H51N7O/c1-7-34-41-23-31(24-42-34)30-16-19-36(44-22-30)47(37(48)20-15-28-11-9-8-10-12-28)32-17-13-29(14-18-32)21-35-43-25-33(39(2,3)4)38(45-35)46-26-40(5,6)27-46/h8-12,16,19,22-25,29,32H,7,13-15,17-18,20-21,26-27H2,1-6H3. The van der Waals surface area contributed by atoms with Crippen LogP contribution in [0.5, 0.6) is 0 Å². The topological polar surface area (TPSA) is 88.0 Å². The lowest BCUT2D eigenvalue weighted by molar-refractivity contribution is -0.119. The number of hydrogen-bond acceptors (Lipinski definition) is 7. The summed E-state index contributed by atoms with van der Waals surface area (Å²) in [5.74, 6) is 4.21. The lowest BCUT2D eigenvalue weighted by Gasteiger charge is -2.48. The second-order valence-corrected chi connectivity index (χ2v) is 15.6. The van der Waals surface area contributed by atoms with Gasteiger partial charge in [-0.3, -0.25) is 9.69 Å². The van der Waals surface area contributed by atoms with Crippen molar-refractivity contribution in [2.24, 2.45) is 11.3 Å². The molecular weight excluding hydrogens is 594 g/mol. The van der Waals surface area contributed by atoms with Crippen LogP contribution in [0.2, 0.25) is 0 Å². The molecule has 1 saturated carbocycles. The van der Waals surface area contributed by atoms with E-state index < -0.39 is 0 Å². The van der Waals surface area contributed by atoms with E-state index in [2.05, 4.69) is 67.8 Å². The molecule has 3 aromatic heterocycles. The molecule has 0 N–H and O–H groups in total. The highest BCUT2D eigenvalue weighted by atomic mass is 16.2. The smallest absolute Gasteiger partial charge is 0.228 e. The van der Waals surface area contributed by atoms with E-state index in [4.69, 9.17) is 15.0 Å². The number of benzene rings is 1. The van der Waals surface area contributed by atoms with Crippen LogP contribution in [0.15, 0.2) is 67.3 Å². The van der Waals surface area contributed by atoms with Crippen molar-refractivity contribution in [1.82, 2.24) is 24.9 Å². The molecule has 8 nitrogen and oxygen atoms in total. The maximum atomic E-state index is 13.9. The van der Waals surface area contributed by atoms with Crippen molar-refractivity contribution in [3.05, 3.63) is 90.0 Å². The summed E-state index contributed by atoms with van der Waals surface area (Å²) in [5, 5.41) is 0. The first-order chi connectivity index (χ1) is 23.0. The second-order valence-electron chi connectivity index (χ2n) is 15.6. The highest BCUT2D eigenvalue weighted by Crippen LogP contribution is 2.39. The van der Waals surface area contributed by atoms with Gasteiger partial charge in [0.25, 0.3) is 0 Å². The maximum Gasteiger partial charge on any atom is 0.228 e. The van der Waals surface area contributed by atoms with E-state index in [0.717, 1.165) is 86.0 Å². The Morgan fingerprint density at radius 3 is 2.12 bits per heavy atom. The minimum atomic E-state index is -0.0120. The summed E-state index contributed by atoms with van der Waals surface area (Å²) in [7, 11) is 0. The van der Waals surface area contributed by atoms with Crippen LogP contribution in [0.3, 0.4) is 0 Å². The molecule has 2 fully saturated rings. The number of rotatable bonds is 10. The number of carbonyl (C=O) groups excluding carboxylic acids is 1. The van der Waals surface area contributed by atoms with E-state index in [1.807, 2.05) is 60.7 Å². The summed E-state index contributed by atoms with van der Waals surface area (Å²) < 4.78 is 0. The first kappa shape index (κ1) is 33.7. The number of pyridine rings is 1. The Morgan fingerprint density at radius 2 is 1.52 bits per heavy atom. The fourth-order valence-corrected chi connectivity index (χ4v) is 7.20. The highest BCUT2D eigenvalue weighted by molar-refractivity contribution is 5.93. The zero-order valence-electron chi connectivity index (χ0n) is 29.6. The third kappa shape index (κ3) is 7.91. The number of amides is 1. The molecule has 1 saturated heterocycles. The highest BCUT2D eigenvalue weighted by Gasteiger charge is 2.38. The van der Waals surface area contributed by atoms with Gasteiger partial charge in [0.05, 0.1) is 0 Å². The Hall–Kier alpha value is -4.20. The fourth-order valence-electron chi connectivity index (χ4n) is 7.20. The summed E-state index contributed by atoms with van der Waals surface area (Å²) >= 11 is 0. The van der Waals surface area contributed by atoms with Gasteiger partial charge >= 0.3 is 0 Å². The predicted octanol–water partition coefficient (Wildman–Crippen LogP) is 7.80. The predicted molar refractivity (Wildman–Crippen MR) is 193 cm³/mol. The number of aromatic nitrogens is 5. The molecule has 4 heterocycles. The molecule has 4 aromatic rings. The van der Waals surface area contributed by atoms with E-state index in [0.29, 0.717) is 24.2 Å². The Kier molecular flexibility index (Phi) is 9.90. The number of hydrogen-bond donors (Lipinski definition) is 0. The van der Waals surface area contributed by atoms with Gasteiger partial charge in [0, 0.05) is 79.9 Å². The van der Waals surface area contributed by atoms with Crippen LogP contribution in [-0.2, 0) is 29.5 Å². The Bertz CT molecular complexity index is 1660. The van der Waals surface area contributed by atoms with Gasteiger partial charge in [-0.2, -0.15) is 0 Å². The normalized spacial score (nSPS) is 19.1. The summed E-state index contributed by atoms with van der Waals surface area (Å²) in [6, 6.07) is 14.4. The van der Waals surface area contributed by atoms with Gasteiger partial charge in [-0.1, -0.05) is 71.9 Å². The first-order valence-electron chi connectivity index (χ1n) is 17.7. The Balaban J connectivity index is 1.16. The van der Waals surface area contributed by atoms with Crippen LogP contribution in [0.1, 0.15) is 96.4 Å². The molecular formula is C40H51N7O. The molecule has 8 heteroatoms. The second kappa shape index (κ2) is 14.1. The molecule has 0 atom stereocenters. The molecule has 0 spiro atoms. The number of anilines is 2. The molecule has 0 radical (unpaired) electrons. The molecule has 2 aliphatic rings. The summed E-state index contributed by atoms with van der Waals surface area (Å²) in [5.41, 5.74) is 4.58. The average Bonchev–Trinajstić information content (AvgIpc) is 3.07. The van der Waals surface area contributed by atoms with Gasteiger partial charge in [0.15, 0.2) is 0 Å². The van der Waals surface area contributed by atoms with Crippen molar-refractivity contribution in [3.63, 3.8) is 0 Å². The fraction of sp³-hybridized carbons (Fsp3) is 0.500.